The van der Waals surface area contributed by atoms with Gasteiger partial charge in [0.05, 0.1) is 0 Å². The van der Waals surface area contributed by atoms with Crippen molar-refractivity contribution < 1.29 is 5.11 Å². The molecule has 0 bridgehead atoms. The highest BCUT2D eigenvalue weighted by Crippen LogP contribution is 2.25. The van der Waals surface area contributed by atoms with Gasteiger partial charge in [-0.1, -0.05) is 71.1 Å². The van der Waals surface area contributed by atoms with Crippen LogP contribution in [0.25, 0.3) is 0 Å². The lowest BCUT2D eigenvalue weighted by molar-refractivity contribution is 0.114. The second kappa shape index (κ2) is 13.6. The fourth-order valence-corrected chi connectivity index (χ4v) is 3.30. The number of aliphatic hydroxyl groups is 1. The highest BCUT2D eigenvalue weighted by Gasteiger charge is 2.23. The summed E-state index contributed by atoms with van der Waals surface area (Å²) >= 11 is 0. The summed E-state index contributed by atoms with van der Waals surface area (Å²) < 4.78 is 0. The first kappa shape index (κ1) is 19.0. The predicted molar refractivity (Wildman–Crippen MR) is 92.8 cm³/mol. The Balaban J connectivity index is 1.89. The molecule has 0 spiro atoms. The minimum Gasteiger partial charge on any atom is -0.396 e. The molecule has 0 aromatic carbocycles. The van der Waals surface area contributed by atoms with Gasteiger partial charge in [-0.05, 0) is 32.2 Å². The Morgan fingerprint density at radius 3 is 1.76 bits per heavy atom. The summed E-state index contributed by atoms with van der Waals surface area (Å²) in [6.07, 6.45) is 19.3. The molecule has 0 heterocycles. The van der Waals surface area contributed by atoms with Crippen LogP contribution in [-0.4, -0.2) is 35.7 Å². The Morgan fingerprint density at radius 1 is 0.762 bits per heavy atom. The third-order valence-corrected chi connectivity index (χ3v) is 4.99. The second-order valence-corrected chi connectivity index (χ2v) is 6.88. The van der Waals surface area contributed by atoms with Crippen LogP contribution >= 0.6 is 0 Å². The first-order chi connectivity index (χ1) is 10.4. The van der Waals surface area contributed by atoms with E-state index in [2.05, 4.69) is 11.8 Å². The molecule has 0 aliphatic heterocycles. The lowest BCUT2D eigenvalue weighted by atomic mass is 9.91. The number of aliphatic hydroxyl groups excluding tert-OH is 1. The lowest BCUT2D eigenvalue weighted by Gasteiger charge is -2.37. The molecule has 0 saturated heterocycles. The molecule has 0 unspecified atom stereocenters. The maximum atomic E-state index is 9.01. The van der Waals surface area contributed by atoms with Gasteiger partial charge in [0, 0.05) is 19.2 Å². The van der Waals surface area contributed by atoms with Crippen molar-refractivity contribution in [1.82, 2.24) is 4.90 Å². The fourth-order valence-electron chi connectivity index (χ4n) is 3.30. The van der Waals surface area contributed by atoms with Crippen LogP contribution in [0.15, 0.2) is 0 Å². The van der Waals surface area contributed by atoms with Crippen molar-refractivity contribution in [3.8, 4) is 0 Å². The molecule has 1 saturated carbocycles. The summed E-state index contributed by atoms with van der Waals surface area (Å²) in [6.45, 7) is 5.01. The smallest absolute Gasteiger partial charge is 0.0443 e. The zero-order valence-electron chi connectivity index (χ0n) is 14.5. The summed E-state index contributed by atoms with van der Waals surface area (Å²) in [4.78, 5) is 2.64. The maximum absolute atomic E-state index is 9.01. The lowest BCUT2D eigenvalue weighted by Crippen LogP contribution is -2.41. The van der Waals surface area contributed by atoms with E-state index in [1.165, 1.54) is 90.0 Å². The van der Waals surface area contributed by atoms with Gasteiger partial charge in [-0.3, -0.25) is 0 Å². The molecule has 1 N–H and O–H groups in total. The zero-order valence-corrected chi connectivity index (χ0v) is 14.5. The minimum absolute atomic E-state index is 0.348. The van der Waals surface area contributed by atoms with Crippen LogP contribution in [0.3, 0.4) is 0 Å². The molecule has 1 aliphatic rings. The highest BCUT2D eigenvalue weighted by atomic mass is 16.3. The van der Waals surface area contributed by atoms with E-state index >= 15 is 0 Å². The number of rotatable bonds is 15. The van der Waals surface area contributed by atoms with Gasteiger partial charge in [0.1, 0.15) is 0 Å². The van der Waals surface area contributed by atoms with Crippen molar-refractivity contribution in [2.24, 2.45) is 0 Å². The molecule has 126 valence electrons. The summed E-state index contributed by atoms with van der Waals surface area (Å²) in [5.41, 5.74) is 0. The SMILES string of the molecule is CCCCCCCCCCCCN(CCCO)C1CCC1. The monoisotopic (exact) mass is 297 g/mol. The fraction of sp³-hybridized carbons (Fsp3) is 1.00. The van der Waals surface area contributed by atoms with Crippen LogP contribution in [-0.2, 0) is 0 Å². The van der Waals surface area contributed by atoms with Crippen molar-refractivity contribution in [2.45, 2.75) is 103 Å². The molecule has 0 atom stereocenters. The summed E-state index contributed by atoms with van der Waals surface area (Å²) in [5.74, 6) is 0. The van der Waals surface area contributed by atoms with E-state index in [4.69, 9.17) is 5.11 Å². The van der Waals surface area contributed by atoms with Crippen LogP contribution in [0.5, 0.6) is 0 Å². The first-order valence-electron chi connectivity index (χ1n) is 9.73. The Hall–Kier alpha value is -0.0800. The molecule has 2 heteroatoms. The zero-order chi connectivity index (χ0) is 15.2. The third-order valence-electron chi connectivity index (χ3n) is 4.99. The molecule has 21 heavy (non-hydrogen) atoms. The Labute approximate surface area is 133 Å². The average molecular weight is 298 g/mol. The van der Waals surface area contributed by atoms with E-state index in [9.17, 15) is 0 Å². The topological polar surface area (TPSA) is 23.5 Å². The number of unbranched alkanes of at least 4 members (excludes halogenated alkanes) is 9. The molecular formula is C19H39NO. The van der Waals surface area contributed by atoms with Crippen molar-refractivity contribution in [3.63, 3.8) is 0 Å². The Kier molecular flexibility index (Phi) is 12.3. The molecule has 0 aromatic rings. The quantitative estimate of drug-likeness (QED) is 0.423. The standard InChI is InChI=1S/C19H39NO/c1-2-3-4-5-6-7-8-9-10-11-16-20(17-13-18-21)19-14-12-15-19/h19,21H,2-18H2,1H3. The summed E-state index contributed by atoms with van der Waals surface area (Å²) in [7, 11) is 0. The Morgan fingerprint density at radius 2 is 1.29 bits per heavy atom. The normalized spacial score (nSPS) is 15.6. The van der Waals surface area contributed by atoms with Gasteiger partial charge < -0.3 is 10.0 Å². The number of hydrogen-bond acceptors (Lipinski definition) is 2. The third kappa shape index (κ3) is 9.52. The van der Waals surface area contributed by atoms with E-state index in [-0.39, 0.29) is 0 Å². The molecule has 0 radical (unpaired) electrons. The van der Waals surface area contributed by atoms with Gasteiger partial charge in [0.25, 0.3) is 0 Å². The van der Waals surface area contributed by atoms with Crippen molar-refractivity contribution in [3.05, 3.63) is 0 Å². The number of nitrogens with zero attached hydrogens (tertiary/aromatic N) is 1. The maximum Gasteiger partial charge on any atom is 0.0443 e. The van der Waals surface area contributed by atoms with Gasteiger partial charge in [-0.15, -0.1) is 0 Å². The summed E-state index contributed by atoms with van der Waals surface area (Å²) in [5, 5.41) is 9.01. The molecule has 1 fully saturated rings. The molecule has 2 nitrogen and oxygen atoms in total. The van der Waals surface area contributed by atoms with Crippen molar-refractivity contribution in [1.29, 1.82) is 0 Å². The van der Waals surface area contributed by atoms with Gasteiger partial charge in [0.15, 0.2) is 0 Å². The van der Waals surface area contributed by atoms with Gasteiger partial charge in [0.2, 0.25) is 0 Å². The first-order valence-corrected chi connectivity index (χ1v) is 9.73. The van der Waals surface area contributed by atoms with Crippen LogP contribution < -0.4 is 0 Å². The molecule has 1 rings (SSSR count). The van der Waals surface area contributed by atoms with Crippen LogP contribution in [0.2, 0.25) is 0 Å². The van der Waals surface area contributed by atoms with Crippen LogP contribution in [0.4, 0.5) is 0 Å². The van der Waals surface area contributed by atoms with E-state index in [1.807, 2.05) is 0 Å². The largest absolute Gasteiger partial charge is 0.396 e. The predicted octanol–water partition coefficient (Wildman–Crippen LogP) is 5.14. The van der Waals surface area contributed by atoms with E-state index in [1.54, 1.807) is 0 Å². The van der Waals surface area contributed by atoms with Gasteiger partial charge in [-0.2, -0.15) is 0 Å². The molecule has 0 aromatic heterocycles. The van der Waals surface area contributed by atoms with Crippen molar-refractivity contribution in [2.75, 3.05) is 19.7 Å². The Bertz CT molecular complexity index is 216. The van der Waals surface area contributed by atoms with Crippen molar-refractivity contribution >= 4 is 0 Å². The average Bonchev–Trinajstić information content (AvgIpc) is 2.44. The van der Waals surface area contributed by atoms with Crippen LogP contribution in [0, 0.1) is 0 Å². The molecule has 1 aliphatic carbocycles. The van der Waals surface area contributed by atoms with E-state index in [0.717, 1.165) is 19.0 Å². The summed E-state index contributed by atoms with van der Waals surface area (Å²) in [6, 6.07) is 0.843. The number of hydrogen-bond donors (Lipinski definition) is 1. The van der Waals surface area contributed by atoms with Gasteiger partial charge >= 0.3 is 0 Å². The van der Waals surface area contributed by atoms with Gasteiger partial charge in [-0.25, -0.2) is 0 Å². The van der Waals surface area contributed by atoms with E-state index in [0.29, 0.717) is 6.61 Å². The highest BCUT2D eigenvalue weighted by molar-refractivity contribution is 4.79. The minimum atomic E-state index is 0.348. The second-order valence-electron chi connectivity index (χ2n) is 6.88. The van der Waals surface area contributed by atoms with Crippen LogP contribution in [0.1, 0.15) is 96.8 Å². The molecular weight excluding hydrogens is 258 g/mol. The molecule has 0 amide bonds. The van der Waals surface area contributed by atoms with E-state index < -0.39 is 0 Å².